The molecule has 0 bridgehead atoms. The van der Waals surface area contributed by atoms with Crippen LogP contribution in [0.4, 0.5) is 23.5 Å². The lowest BCUT2D eigenvalue weighted by molar-refractivity contribution is -0.220. The Kier molecular flexibility index (Phi) is 3.97. The van der Waals surface area contributed by atoms with Gasteiger partial charge in [0.2, 0.25) is 5.95 Å². The molecule has 1 saturated heterocycles. The summed E-state index contributed by atoms with van der Waals surface area (Å²) in [5.41, 5.74) is -0.357. The standard InChI is InChI=1S/C27H24ClF4N7/c28-17-1-2-19-15(3-17)8-38(26-11-24(26)10-25(24,12-26)27(30,31)32)9-20-35-36-21(39(19)20)16-4-23(5-16)13-37(14-23)22-33-6-18(29)7-34-22/h1-3,6-7,16H,4-5,8-14H2. The number of fused-ring (bicyclic) bond motifs is 3. The molecule has 0 radical (unpaired) electrons. The number of rotatable bonds is 3. The van der Waals surface area contributed by atoms with Gasteiger partial charge in [-0.2, -0.15) is 13.2 Å². The third-order valence-electron chi connectivity index (χ3n) is 10.9. The van der Waals surface area contributed by atoms with Crippen molar-refractivity contribution in [1.29, 1.82) is 0 Å². The van der Waals surface area contributed by atoms with E-state index in [1.807, 2.05) is 18.2 Å². The summed E-state index contributed by atoms with van der Waals surface area (Å²) in [7, 11) is 0. The zero-order chi connectivity index (χ0) is 26.6. The molecule has 6 aliphatic rings. The fourth-order valence-electron chi connectivity index (χ4n) is 9.01. The van der Waals surface area contributed by atoms with Gasteiger partial charge in [-0.3, -0.25) is 9.47 Å². The highest BCUT2D eigenvalue weighted by molar-refractivity contribution is 6.30. The Morgan fingerprint density at radius 3 is 2.44 bits per heavy atom. The molecule has 2 spiro atoms. The fraction of sp³-hybridized carbons (Fsp3) is 0.556. The maximum Gasteiger partial charge on any atom is 0.395 e. The van der Waals surface area contributed by atoms with E-state index >= 15 is 0 Å². The zero-order valence-corrected chi connectivity index (χ0v) is 21.6. The van der Waals surface area contributed by atoms with E-state index in [2.05, 4.69) is 34.5 Å². The largest absolute Gasteiger partial charge is 0.395 e. The second-order valence-electron chi connectivity index (χ2n) is 12.8. The van der Waals surface area contributed by atoms with Gasteiger partial charge in [-0.25, -0.2) is 14.4 Å². The minimum Gasteiger partial charge on any atom is -0.340 e. The van der Waals surface area contributed by atoms with Crippen LogP contribution < -0.4 is 4.90 Å². The first-order valence-corrected chi connectivity index (χ1v) is 13.7. The van der Waals surface area contributed by atoms with Gasteiger partial charge in [0, 0.05) is 46.9 Å². The van der Waals surface area contributed by atoms with Crippen LogP contribution in [0.1, 0.15) is 55.2 Å². The molecule has 4 heterocycles. The van der Waals surface area contributed by atoms with E-state index in [1.165, 1.54) is 12.4 Å². The van der Waals surface area contributed by atoms with Crippen LogP contribution in [0.25, 0.3) is 5.69 Å². The summed E-state index contributed by atoms with van der Waals surface area (Å²) >= 11 is 6.40. The van der Waals surface area contributed by atoms with E-state index in [0.29, 0.717) is 30.5 Å². The molecule has 4 saturated carbocycles. The van der Waals surface area contributed by atoms with E-state index in [9.17, 15) is 17.6 Å². The zero-order valence-electron chi connectivity index (χ0n) is 20.8. The molecule has 3 unspecified atom stereocenters. The molecule has 7 nitrogen and oxygen atoms in total. The third kappa shape index (κ3) is 2.69. The highest BCUT2D eigenvalue weighted by Gasteiger charge is 3.03. The first-order chi connectivity index (χ1) is 18.6. The van der Waals surface area contributed by atoms with Gasteiger partial charge in [0.15, 0.2) is 11.6 Å². The van der Waals surface area contributed by atoms with Crippen LogP contribution in [0, 0.1) is 22.1 Å². The smallest absolute Gasteiger partial charge is 0.340 e. The van der Waals surface area contributed by atoms with E-state index < -0.39 is 28.4 Å². The Labute approximate surface area is 226 Å². The Hall–Kier alpha value is -2.79. The summed E-state index contributed by atoms with van der Waals surface area (Å²) in [5.74, 6) is 2.02. The minimum absolute atomic E-state index is 0.159. The summed E-state index contributed by atoms with van der Waals surface area (Å²) in [6.45, 7) is 2.67. The molecule has 12 heteroatoms. The van der Waals surface area contributed by atoms with Crippen molar-refractivity contribution in [3.05, 3.63) is 58.6 Å². The summed E-state index contributed by atoms with van der Waals surface area (Å²) in [6, 6.07) is 5.78. The average molecular weight is 558 g/mol. The minimum atomic E-state index is -4.13. The maximum absolute atomic E-state index is 13.8. The third-order valence-corrected chi connectivity index (χ3v) is 11.1. The van der Waals surface area contributed by atoms with Gasteiger partial charge in [0.1, 0.15) is 5.82 Å². The molecule has 9 rings (SSSR count). The molecule has 4 aliphatic carbocycles. The first kappa shape index (κ1) is 23.0. The van der Waals surface area contributed by atoms with Gasteiger partial charge >= 0.3 is 6.18 Å². The molecule has 2 aromatic heterocycles. The molecule has 39 heavy (non-hydrogen) atoms. The van der Waals surface area contributed by atoms with Gasteiger partial charge in [-0.15, -0.1) is 10.2 Å². The molecule has 0 N–H and O–H groups in total. The number of anilines is 1. The number of halogens is 5. The predicted octanol–water partition coefficient (Wildman–Crippen LogP) is 5.03. The SMILES string of the molecule is Fc1cnc(N2CC3(CC(c4nnc5n4-c4ccc(Cl)cc4CN(C46CC7(C(F)(F)F)CC47C6)C5)C3)C2)nc1. The Bertz CT molecular complexity index is 1560. The molecule has 0 amide bonds. The Balaban J connectivity index is 0.992. The highest BCUT2D eigenvalue weighted by atomic mass is 35.5. The normalized spacial score (nSPS) is 33.6. The Morgan fingerprint density at radius 1 is 0.974 bits per heavy atom. The fourth-order valence-corrected chi connectivity index (χ4v) is 9.21. The van der Waals surface area contributed by atoms with Crippen LogP contribution in [-0.2, 0) is 13.1 Å². The highest BCUT2D eigenvalue weighted by Crippen LogP contribution is 3.00. The van der Waals surface area contributed by atoms with Gasteiger partial charge in [-0.05, 0) is 55.9 Å². The summed E-state index contributed by atoms with van der Waals surface area (Å²) in [4.78, 5) is 12.5. The van der Waals surface area contributed by atoms with Crippen LogP contribution >= 0.6 is 11.6 Å². The van der Waals surface area contributed by atoms with Crippen LogP contribution in [0.5, 0.6) is 0 Å². The summed E-state index contributed by atoms with van der Waals surface area (Å²) in [6.07, 6.45) is 1.20. The van der Waals surface area contributed by atoms with E-state index in [4.69, 9.17) is 11.6 Å². The number of hydrogen-bond acceptors (Lipinski definition) is 6. The van der Waals surface area contributed by atoms with Crippen molar-refractivity contribution in [3.8, 4) is 5.69 Å². The number of nitrogens with zero attached hydrogens (tertiary/aromatic N) is 7. The quantitative estimate of drug-likeness (QED) is 0.421. The molecule has 1 aromatic carbocycles. The van der Waals surface area contributed by atoms with E-state index in [1.54, 1.807) is 0 Å². The molecule has 3 atom stereocenters. The molecular formula is C27H24ClF4N7. The second-order valence-corrected chi connectivity index (χ2v) is 13.3. The van der Waals surface area contributed by atoms with E-state index in [0.717, 1.165) is 48.8 Å². The number of hydrogen-bond donors (Lipinski definition) is 0. The van der Waals surface area contributed by atoms with Crippen molar-refractivity contribution in [3.63, 3.8) is 0 Å². The number of alkyl halides is 3. The van der Waals surface area contributed by atoms with Gasteiger partial charge in [0.25, 0.3) is 0 Å². The topological polar surface area (TPSA) is 63.0 Å². The monoisotopic (exact) mass is 557 g/mol. The first-order valence-electron chi connectivity index (χ1n) is 13.4. The van der Waals surface area contributed by atoms with Crippen LogP contribution in [0.2, 0.25) is 5.02 Å². The van der Waals surface area contributed by atoms with Crippen molar-refractivity contribution >= 4 is 17.5 Å². The maximum atomic E-state index is 13.8. The van der Waals surface area contributed by atoms with Crippen LogP contribution in [0.3, 0.4) is 0 Å². The second kappa shape index (κ2) is 6.74. The van der Waals surface area contributed by atoms with Gasteiger partial charge < -0.3 is 4.90 Å². The molecule has 5 fully saturated rings. The molecule has 202 valence electrons. The lowest BCUT2D eigenvalue weighted by Gasteiger charge is -2.58. The lowest BCUT2D eigenvalue weighted by atomic mass is 9.57. The predicted molar refractivity (Wildman–Crippen MR) is 132 cm³/mol. The van der Waals surface area contributed by atoms with E-state index in [-0.39, 0.29) is 24.2 Å². The lowest BCUT2D eigenvalue weighted by Crippen LogP contribution is -2.62. The summed E-state index contributed by atoms with van der Waals surface area (Å²) < 4.78 is 56.8. The molecule has 2 aliphatic heterocycles. The van der Waals surface area contributed by atoms with Crippen LogP contribution in [0.15, 0.2) is 30.6 Å². The van der Waals surface area contributed by atoms with Crippen molar-refractivity contribution in [2.45, 2.75) is 62.8 Å². The van der Waals surface area contributed by atoms with Crippen LogP contribution in [-0.4, -0.2) is 54.4 Å². The molecular weight excluding hydrogens is 534 g/mol. The number of benzene rings is 1. The van der Waals surface area contributed by atoms with Gasteiger partial charge in [-0.1, -0.05) is 11.6 Å². The van der Waals surface area contributed by atoms with Gasteiger partial charge in [0.05, 0.1) is 30.0 Å². The number of aromatic nitrogens is 5. The summed E-state index contributed by atoms with van der Waals surface area (Å²) in [5, 5.41) is 9.85. The van der Waals surface area contributed by atoms with Crippen molar-refractivity contribution in [2.24, 2.45) is 16.2 Å². The van der Waals surface area contributed by atoms with Crippen molar-refractivity contribution < 1.29 is 17.6 Å². The Morgan fingerprint density at radius 2 is 1.74 bits per heavy atom. The van der Waals surface area contributed by atoms with Crippen molar-refractivity contribution in [1.82, 2.24) is 29.6 Å². The molecule has 3 aromatic rings. The van der Waals surface area contributed by atoms with Crippen molar-refractivity contribution in [2.75, 3.05) is 18.0 Å². The average Bonchev–Trinajstić information content (AvgIpc) is 3.52.